The third-order valence-electron chi connectivity index (χ3n) is 9.95. The first kappa shape index (κ1) is 22.6. The topological polar surface area (TPSA) is 58.9 Å². The van der Waals surface area contributed by atoms with E-state index in [4.69, 9.17) is 0 Å². The summed E-state index contributed by atoms with van der Waals surface area (Å²) in [4.78, 5) is 31.2. The Morgan fingerprint density at radius 3 is 1.44 bits per heavy atom. The fraction of sp³-hybridized carbons (Fsp3) is 0.257. The zero-order valence-corrected chi connectivity index (χ0v) is 21.5. The maximum Gasteiger partial charge on any atom is 0.240 e. The Morgan fingerprint density at radius 1 is 0.538 bits per heavy atom. The molecule has 4 atom stereocenters. The Bertz CT molecular complexity index is 1660. The van der Waals surface area contributed by atoms with Crippen LogP contribution in [0.1, 0.15) is 64.5 Å². The fourth-order valence-corrected chi connectivity index (χ4v) is 8.55. The Kier molecular flexibility index (Phi) is 4.97. The van der Waals surface area contributed by atoms with Gasteiger partial charge in [-0.3, -0.25) is 0 Å². The average Bonchev–Trinajstić information content (AvgIpc) is 3.73. The summed E-state index contributed by atoms with van der Waals surface area (Å²) in [5.74, 6) is 1.75. The summed E-state index contributed by atoms with van der Waals surface area (Å²) >= 11 is 0. The highest BCUT2D eigenvalue weighted by Crippen LogP contribution is 2.63. The monoisotopic (exact) mass is 506 g/mol. The van der Waals surface area contributed by atoms with E-state index in [1.54, 1.807) is 0 Å². The van der Waals surface area contributed by atoms with E-state index in [0.29, 0.717) is 23.7 Å². The first-order chi connectivity index (χ1) is 19.2. The molecule has 4 aliphatic rings. The molecule has 0 aromatic heterocycles. The van der Waals surface area contributed by atoms with Crippen molar-refractivity contribution in [3.63, 3.8) is 0 Å². The molecule has 4 aromatic rings. The molecule has 0 saturated heterocycles. The molecule has 0 radical (unpaired) electrons. The lowest BCUT2D eigenvalue weighted by molar-refractivity contribution is 0.374. The molecule has 4 aliphatic carbocycles. The van der Waals surface area contributed by atoms with Crippen LogP contribution in [-0.4, -0.2) is 12.2 Å². The van der Waals surface area contributed by atoms with E-state index in [1.165, 1.54) is 55.6 Å². The van der Waals surface area contributed by atoms with E-state index >= 15 is 0 Å². The van der Waals surface area contributed by atoms with Crippen molar-refractivity contribution < 1.29 is 9.59 Å². The summed E-state index contributed by atoms with van der Waals surface area (Å²) in [6.07, 6.45) is 8.70. The van der Waals surface area contributed by atoms with Crippen LogP contribution in [0.3, 0.4) is 0 Å². The van der Waals surface area contributed by atoms with Crippen LogP contribution in [0.25, 0.3) is 22.3 Å². The molecular weight excluding hydrogens is 480 g/mol. The maximum atomic E-state index is 11.4. The third kappa shape index (κ3) is 3.26. The molecule has 4 heteroatoms. The quantitative estimate of drug-likeness (QED) is 0.179. The first-order valence-electron chi connectivity index (χ1n) is 13.9. The molecule has 2 saturated carbocycles. The lowest BCUT2D eigenvalue weighted by Gasteiger charge is -2.32. The Balaban J connectivity index is 1.19. The molecule has 4 unspecified atom stereocenters. The van der Waals surface area contributed by atoms with Crippen LogP contribution in [0.4, 0.5) is 11.4 Å². The maximum absolute atomic E-state index is 11.4. The molecule has 4 aromatic carbocycles. The number of carbonyl (C=O) groups excluding carboxylic acids is 2. The molecule has 0 N–H and O–H groups in total. The lowest BCUT2D eigenvalue weighted by atomic mass is 9.73. The van der Waals surface area contributed by atoms with E-state index in [2.05, 4.69) is 70.6 Å². The largest absolute Gasteiger partial charge is 0.240 e. The van der Waals surface area contributed by atoms with Crippen LogP contribution in [-0.2, 0) is 22.4 Å². The molecule has 0 spiro atoms. The average molecular weight is 507 g/mol. The van der Waals surface area contributed by atoms with Gasteiger partial charge in [-0.2, -0.15) is 9.98 Å². The smallest absolute Gasteiger partial charge is 0.211 e. The minimum absolute atomic E-state index is 0.370. The van der Waals surface area contributed by atoms with E-state index in [9.17, 15) is 9.59 Å². The van der Waals surface area contributed by atoms with Crippen molar-refractivity contribution >= 4 is 23.5 Å². The van der Waals surface area contributed by atoms with Gasteiger partial charge in [0.15, 0.2) is 0 Å². The molecule has 39 heavy (non-hydrogen) atoms. The van der Waals surface area contributed by atoms with E-state index in [-0.39, 0.29) is 0 Å². The molecule has 0 amide bonds. The second kappa shape index (κ2) is 8.58. The standard InChI is InChI=1S/C35H26N2O2/c38-18-36-32-11-9-26-24-7-3-1-5-20(24)14-30(26)34(32)28-16-23-13-22(28)17-29(23)35-31-15-21-6-2-4-8-25(21)27(31)10-12-33(35)37-19-39/h1-12,22-23,28-29H,13-17H2. The van der Waals surface area contributed by atoms with Gasteiger partial charge in [0.1, 0.15) is 0 Å². The highest BCUT2D eigenvalue weighted by Gasteiger charge is 2.49. The minimum Gasteiger partial charge on any atom is -0.211 e. The van der Waals surface area contributed by atoms with Crippen LogP contribution < -0.4 is 0 Å². The molecular formula is C35H26N2O2. The number of hydrogen-bond donors (Lipinski definition) is 0. The number of rotatable bonds is 4. The predicted octanol–water partition coefficient (Wildman–Crippen LogP) is 8.06. The van der Waals surface area contributed by atoms with Gasteiger partial charge in [0, 0.05) is 0 Å². The molecule has 4 nitrogen and oxygen atoms in total. The number of benzene rings is 4. The molecule has 2 bridgehead atoms. The summed E-state index contributed by atoms with van der Waals surface area (Å²) in [5, 5.41) is 0. The Morgan fingerprint density at radius 2 is 1.00 bits per heavy atom. The van der Waals surface area contributed by atoms with Gasteiger partial charge in [-0.25, -0.2) is 9.59 Å². The normalized spacial score (nSPS) is 22.9. The molecule has 188 valence electrons. The molecule has 2 fully saturated rings. The van der Waals surface area contributed by atoms with Gasteiger partial charge in [0.05, 0.1) is 11.4 Å². The molecule has 0 heterocycles. The zero-order valence-electron chi connectivity index (χ0n) is 21.5. The summed E-state index contributed by atoms with van der Waals surface area (Å²) in [7, 11) is 0. The van der Waals surface area contributed by atoms with Crippen molar-refractivity contribution in [2.75, 3.05) is 0 Å². The second-order valence-electron chi connectivity index (χ2n) is 11.6. The number of nitrogens with zero attached hydrogens (tertiary/aromatic N) is 2. The van der Waals surface area contributed by atoms with Crippen LogP contribution in [0, 0.1) is 11.8 Å². The van der Waals surface area contributed by atoms with Gasteiger partial charge < -0.3 is 0 Å². The van der Waals surface area contributed by atoms with Gasteiger partial charge in [-0.1, -0.05) is 60.7 Å². The lowest BCUT2D eigenvalue weighted by Crippen LogP contribution is -2.18. The van der Waals surface area contributed by atoms with Crippen LogP contribution >= 0.6 is 0 Å². The number of aliphatic imine (C=N–C) groups is 2. The van der Waals surface area contributed by atoms with Crippen molar-refractivity contribution in [3.05, 3.63) is 106 Å². The summed E-state index contributed by atoms with van der Waals surface area (Å²) < 4.78 is 0. The van der Waals surface area contributed by atoms with Crippen molar-refractivity contribution in [2.45, 2.75) is 43.9 Å². The van der Waals surface area contributed by atoms with E-state index in [1.807, 2.05) is 24.3 Å². The van der Waals surface area contributed by atoms with Crippen molar-refractivity contribution in [2.24, 2.45) is 21.8 Å². The minimum atomic E-state index is 0.370. The van der Waals surface area contributed by atoms with Gasteiger partial charge in [0.25, 0.3) is 0 Å². The van der Waals surface area contributed by atoms with Crippen LogP contribution in [0.2, 0.25) is 0 Å². The molecule has 8 rings (SSSR count). The van der Waals surface area contributed by atoms with Crippen LogP contribution in [0.15, 0.2) is 82.8 Å². The van der Waals surface area contributed by atoms with E-state index in [0.717, 1.165) is 43.5 Å². The first-order valence-corrected chi connectivity index (χ1v) is 13.9. The van der Waals surface area contributed by atoms with Gasteiger partial charge in [-0.15, -0.1) is 0 Å². The van der Waals surface area contributed by atoms with Crippen molar-refractivity contribution in [1.29, 1.82) is 0 Å². The SMILES string of the molecule is O=C=Nc1ccc2c(c1C1CC3CC1CC3c1c(N=C=O)ccc3c1Cc1ccccc1-3)Cc1ccccc1-2. The highest BCUT2D eigenvalue weighted by molar-refractivity contribution is 5.82. The third-order valence-corrected chi connectivity index (χ3v) is 9.95. The van der Waals surface area contributed by atoms with Gasteiger partial charge in [0.2, 0.25) is 12.2 Å². The summed E-state index contributed by atoms with van der Waals surface area (Å²) in [6, 6.07) is 25.5. The van der Waals surface area contributed by atoms with Crippen molar-refractivity contribution in [1.82, 2.24) is 0 Å². The summed E-state index contributed by atoms with van der Waals surface area (Å²) in [5.41, 5.74) is 14.6. The zero-order chi connectivity index (χ0) is 26.1. The highest BCUT2D eigenvalue weighted by atomic mass is 16.1. The Labute approximate surface area is 227 Å². The van der Waals surface area contributed by atoms with Gasteiger partial charge in [-0.05, 0) is 124 Å². The predicted molar refractivity (Wildman–Crippen MR) is 151 cm³/mol. The summed E-state index contributed by atoms with van der Waals surface area (Å²) in [6.45, 7) is 0. The number of isocyanates is 2. The van der Waals surface area contributed by atoms with Crippen LogP contribution in [0.5, 0.6) is 0 Å². The number of fused-ring (bicyclic) bond motifs is 8. The fourth-order valence-electron chi connectivity index (χ4n) is 8.55. The number of hydrogen-bond acceptors (Lipinski definition) is 4. The van der Waals surface area contributed by atoms with Crippen molar-refractivity contribution in [3.8, 4) is 22.3 Å². The van der Waals surface area contributed by atoms with Gasteiger partial charge >= 0.3 is 0 Å². The van der Waals surface area contributed by atoms with E-state index < -0.39 is 0 Å². The Hall–Kier alpha value is -4.36. The second-order valence-corrected chi connectivity index (χ2v) is 11.6. The molecule has 0 aliphatic heterocycles.